The number of ether oxygens (including phenoxy) is 2. The molecular weight excluding hydrogens is 483 g/mol. The van der Waals surface area contributed by atoms with Gasteiger partial charge >= 0.3 is 0 Å². The highest BCUT2D eigenvalue weighted by atomic mass is 19.1. The summed E-state index contributed by atoms with van der Waals surface area (Å²) in [4.78, 5) is 18.4. The van der Waals surface area contributed by atoms with E-state index in [1.54, 1.807) is 38.5 Å². The van der Waals surface area contributed by atoms with Crippen LogP contribution in [0, 0.1) is 5.82 Å². The van der Waals surface area contributed by atoms with Crippen molar-refractivity contribution in [3.63, 3.8) is 0 Å². The van der Waals surface area contributed by atoms with Crippen LogP contribution in [-0.2, 0) is 13.0 Å². The van der Waals surface area contributed by atoms with Gasteiger partial charge in [0.15, 0.2) is 17.1 Å². The molecule has 8 heteroatoms. The maximum Gasteiger partial charge on any atom is 0.252 e. The van der Waals surface area contributed by atoms with Crippen molar-refractivity contribution in [2.75, 3.05) is 14.2 Å². The number of aromatic amines is 1. The normalized spacial score (nSPS) is 10.9. The molecule has 0 fully saturated rings. The number of methoxy groups -OCH3 is 2. The lowest BCUT2D eigenvalue weighted by atomic mass is 10.0. The number of nitrogens with one attached hydrogen (secondary N) is 2. The zero-order chi connectivity index (χ0) is 26.6. The molecule has 0 bridgehead atoms. The maximum atomic E-state index is 13.6. The molecule has 0 atom stereocenters. The van der Waals surface area contributed by atoms with Crippen LogP contribution in [0.1, 0.15) is 28.4 Å². The minimum absolute atomic E-state index is 0.243. The van der Waals surface area contributed by atoms with E-state index in [1.165, 1.54) is 17.7 Å². The van der Waals surface area contributed by atoms with E-state index in [0.29, 0.717) is 39.5 Å². The first-order valence-electron chi connectivity index (χ1n) is 12.2. The number of carbonyl (C=O) groups is 1. The number of aryl methyl sites for hydroxylation is 1. The first kappa shape index (κ1) is 25.0. The monoisotopic (exact) mass is 510 g/mol. The number of fused-ring (bicyclic) bond motifs is 1. The van der Waals surface area contributed by atoms with Crippen LogP contribution in [0.2, 0.25) is 0 Å². The molecule has 5 rings (SSSR count). The van der Waals surface area contributed by atoms with E-state index in [2.05, 4.69) is 34.6 Å². The van der Waals surface area contributed by atoms with Gasteiger partial charge in [-0.2, -0.15) is 5.10 Å². The number of hydrogen-bond donors (Lipinski definition) is 2. The van der Waals surface area contributed by atoms with Crippen LogP contribution in [0.4, 0.5) is 4.39 Å². The largest absolute Gasteiger partial charge is 0.493 e. The molecule has 5 aromatic rings. The summed E-state index contributed by atoms with van der Waals surface area (Å²) in [6, 6.07) is 21.4. The minimum atomic E-state index is -0.326. The molecule has 0 spiro atoms. The molecule has 0 aliphatic rings. The van der Waals surface area contributed by atoms with E-state index in [0.717, 1.165) is 23.1 Å². The van der Waals surface area contributed by atoms with Gasteiger partial charge in [0.1, 0.15) is 5.82 Å². The Labute approximate surface area is 219 Å². The molecule has 0 saturated heterocycles. The van der Waals surface area contributed by atoms with Gasteiger partial charge in [-0.1, -0.05) is 43.3 Å². The van der Waals surface area contributed by atoms with Gasteiger partial charge in [0.05, 0.1) is 36.6 Å². The van der Waals surface area contributed by atoms with Crippen LogP contribution >= 0.6 is 0 Å². The van der Waals surface area contributed by atoms with Crippen molar-refractivity contribution in [1.29, 1.82) is 0 Å². The molecule has 0 saturated carbocycles. The van der Waals surface area contributed by atoms with Crippen LogP contribution in [-0.4, -0.2) is 35.3 Å². The third kappa shape index (κ3) is 4.93. The lowest BCUT2D eigenvalue weighted by Crippen LogP contribution is -2.23. The minimum Gasteiger partial charge on any atom is -0.493 e. The summed E-state index contributed by atoms with van der Waals surface area (Å²) in [7, 11) is 3.14. The summed E-state index contributed by atoms with van der Waals surface area (Å²) >= 11 is 0. The second kappa shape index (κ2) is 10.7. The van der Waals surface area contributed by atoms with Crippen LogP contribution in [0.3, 0.4) is 0 Å². The van der Waals surface area contributed by atoms with Crippen molar-refractivity contribution < 1.29 is 18.7 Å². The summed E-state index contributed by atoms with van der Waals surface area (Å²) in [6.07, 6.45) is 0.928. The van der Waals surface area contributed by atoms with Gasteiger partial charge in [-0.15, -0.1) is 0 Å². The second-order valence-corrected chi connectivity index (χ2v) is 8.78. The second-order valence-electron chi connectivity index (χ2n) is 8.78. The van der Waals surface area contributed by atoms with Gasteiger partial charge < -0.3 is 14.8 Å². The Bertz CT molecular complexity index is 1600. The molecule has 192 valence electrons. The summed E-state index contributed by atoms with van der Waals surface area (Å²) in [5.74, 6) is 0.518. The van der Waals surface area contributed by atoms with Gasteiger partial charge in [-0.25, -0.2) is 9.37 Å². The SMILES string of the molecule is CCc1ccc(-c2[nH]nc3nc(-c4ccc(OC)c(OC)c4)cc(C(=O)NCc4ccc(F)cc4)c23)cc1. The average molecular weight is 511 g/mol. The highest BCUT2D eigenvalue weighted by Gasteiger charge is 2.21. The number of pyridine rings is 1. The smallest absolute Gasteiger partial charge is 0.252 e. The molecule has 0 aliphatic carbocycles. The van der Waals surface area contributed by atoms with Crippen molar-refractivity contribution in [3.05, 3.63) is 95.3 Å². The van der Waals surface area contributed by atoms with Crippen molar-refractivity contribution in [2.24, 2.45) is 0 Å². The molecule has 3 aromatic carbocycles. The van der Waals surface area contributed by atoms with Crippen LogP contribution in [0.5, 0.6) is 11.5 Å². The van der Waals surface area contributed by atoms with E-state index in [1.807, 2.05) is 24.3 Å². The molecule has 38 heavy (non-hydrogen) atoms. The molecule has 2 aromatic heterocycles. The van der Waals surface area contributed by atoms with Crippen LogP contribution < -0.4 is 14.8 Å². The lowest BCUT2D eigenvalue weighted by Gasteiger charge is -2.12. The van der Waals surface area contributed by atoms with Crippen molar-refractivity contribution >= 4 is 16.9 Å². The summed E-state index contributed by atoms with van der Waals surface area (Å²) in [5, 5.41) is 11.1. The van der Waals surface area contributed by atoms with Crippen molar-refractivity contribution in [2.45, 2.75) is 19.9 Å². The molecule has 0 aliphatic heterocycles. The van der Waals surface area contributed by atoms with Crippen LogP contribution in [0.15, 0.2) is 72.8 Å². The third-order valence-corrected chi connectivity index (χ3v) is 6.47. The molecule has 0 radical (unpaired) electrons. The Morgan fingerprint density at radius 2 is 1.58 bits per heavy atom. The maximum absolute atomic E-state index is 13.6. The Morgan fingerprint density at radius 3 is 2.26 bits per heavy atom. The predicted octanol–water partition coefficient (Wildman–Crippen LogP) is 5.94. The van der Waals surface area contributed by atoms with E-state index in [-0.39, 0.29) is 18.3 Å². The lowest BCUT2D eigenvalue weighted by molar-refractivity contribution is 0.0952. The number of amides is 1. The molecule has 7 nitrogen and oxygen atoms in total. The molecular formula is C30H27FN4O3. The fourth-order valence-corrected chi connectivity index (χ4v) is 4.34. The number of H-pyrrole nitrogens is 1. The summed E-state index contributed by atoms with van der Waals surface area (Å²) in [5.41, 5.74) is 5.75. The first-order chi connectivity index (χ1) is 18.5. The van der Waals surface area contributed by atoms with E-state index < -0.39 is 0 Å². The number of hydrogen-bond acceptors (Lipinski definition) is 5. The Kier molecular flexibility index (Phi) is 7.04. The van der Waals surface area contributed by atoms with Gasteiger partial charge in [0.2, 0.25) is 0 Å². The van der Waals surface area contributed by atoms with Crippen molar-refractivity contribution in [1.82, 2.24) is 20.5 Å². The molecule has 0 unspecified atom stereocenters. The van der Waals surface area contributed by atoms with Gasteiger partial charge in [0.25, 0.3) is 5.91 Å². The topological polar surface area (TPSA) is 89.1 Å². The summed E-state index contributed by atoms with van der Waals surface area (Å²) < 4.78 is 24.1. The summed E-state index contributed by atoms with van der Waals surface area (Å²) in [6.45, 7) is 2.34. The van der Waals surface area contributed by atoms with Crippen LogP contribution in [0.25, 0.3) is 33.5 Å². The fourth-order valence-electron chi connectivity index (χ4n) is 4.34. The average Bonchev–Trinajstić information content (AvgIpc) is 3.40. The molecule has 1 amide bonds. The fraction of sp³-hybridized carbons (Fsp3) is 0.167. The number of aromatic nitrogens is 3. The predicted molar refractivity (Wildman–Crippen MR) is 145 cm³/mol. The van der Waals surface area contributed by atoms with Gasteiger partial charge in [0, 0.05) is 17.7 Å². The Balaban J connectivity index is 1.61. The Morgan fingerprint density at radius 1 is 0.895 bits per heavy atom. The number of rotatable bonds is 8. The molecule has 2 N–H and O–H groups in total. The zero-order valence-corrected chi connectivity index (χ0v) is 21.3. The zero-order valence-electron chi connectivity index (χ0n) is 21.3. The van der Waals surface area contributed by atoms with E-state index >= 15 is 0 Å². The quantitative estimate of drug-likeness (QED) is 0.270. The number of nitrogens with zero attached hydrogens (tertiary/aromatic N) is 2. The number of carbonyl (C=O) groups excluding carboxylic acids is 1. The standard InChI is InChI=1S/C30H27FN4O3/c1-4-18-5-9-20(10-6-18)28-27-23(30(36)32-17-19-7-12-22(31)13-8-19)16-24(33-29(27)35-34-28)21-11-14-25(37-2)26(15-21)38-3/h5-16H,4,17H2,1-3H3,(H,32,36)(H,33,34,35). The van der Waals surface area contributed by atoms with Gasteiger partial charge in [-0.3, -0.25) is 9.89 Å². The highest BCUT2D eigenvalue weighted by Crippen LogP contribution is 2.35. The van der Waals surface area contributed by atoms with E-state index in [9.17, 15) is 9.18 Å². The number of benzene rings is 3. The van der Waals surface area contributed by atoms with E-state index in [4.69, 9.17) is 14.5 Å². The van der Waals surface area contributed by atoms with Gasteiger partial charge in [-0.05, 0) is 53.9 Å². The molecule has 2 heterocycles. The number of halogens is 1. The van der Waals surface area contributed by atoms with Crippen molar-refractivity contribution in [3.8, 4) is 34.0 Å². The highest BCUT2D eigenvalue weighted by molar-refractivity contribution is 6.11. The Hall–Kier alpha value is -4.72. The third-order valence-electron chi connectivity index (χ3n) is 6.47. The first-order valence-corrected chi connectivity index (χ1v) is 12.2.